The molecule has 4 heteroatoms. The molecule has 0 spiro atoms. The molecule has 0 bridgehead atoms. The highest BCUT2D eigenvalue weighted by molar-refractivity contribution is 6.06. The van der Waals surface area contributed by atoms with Crippen LogP contribution in [0.15, 0.2) is 30.5 Å². The molecule has 0 aliphatic rings. The Labute approximate surface area is 106 Å². The summed E-state index contributed by atoms with van der Waals surface area (Å²) in [5, 5.41) is 9.94. The average molecular weight is 246 g/mol. The van der Waals surface area contributed by atoms with Crippen LogP contribution in [-0.2, 0) is 7.05 Å². The summed E-state index contributed by atoms with van der Waals surface area (Å²) < 4.78 is 1.95. The third-order valence-electron chi connectivity index (χ3n) is 3.17. The predicted octanol–water partition coefficient (Wildman–Crippen LogP) is 1.63. The molecule has 0 aliphatic heterocycles. The van der Waals surface area contributed by atoms with Crippen molar-refractivity contribution in [2.24, 2.45) is 7.05 Å². The second-order valence-electron chi connectivity index (χ2n) is 4.28. The van der Waals surface area contributed by atoms with Crippen LogP contribution >= 0.6 is 0 Å². The van der Waals surface area contributed by atoms with Gasteiger partial charge in [-0.2, -0.15) is 0 Å². The van der Waals surface area contributed by atoms with Crippen molar-refractivity contribution >= 4 is 16.8 Å². The molecule has 0 unspecified atom stereocenters. The maximum Gasteiger partial charge on any atom is 0.256 e. The van der Waals surface area contributed by atoms with Gasteiger partial charge in [0.05, 0.1) is 12.2 Å². The number of nitrogens with zero attached hydrogens (tertiary/aromatic N) is 2. The first-order chi connectivity index (χ1) is 8.69. The van der Waals surface area contributed by atoms with Crippen molar-refractivity contribution in [3.8, 4) is 0 Å². The van der Waals surface area contributed by atoms with Gasteiger partial charge in [-0.3, -0.25) is 4.79 Å². The molecule has 1 aromatic heterocycles. The fraction of sp³-hybridized carbons (Fsp3) is 0.357. The number of hydrogen-bond donors (Lipinski definition) is 1. The number of benzene rings is 1. The Balaban J connectivity index is 2.44. The van der Waals surface area contributed by atoms with Gasteiger partial charge in [0.2, 0.25) is 0 Å². The number of hydrogen-bond acceptors (Lipinski definition) is 2. The van der Waals surface area contributed by atoms with E-state index in [9.17, 15) is 4.79 Å². The number of rotatable bonds is 4. The van der Waals surface area contributed by atoms with E-state index < -0.39 is 0 Å². The number of amides is 1. The number of aryl methyl sites for hydroxylation is 1. The summed E-state index contributed by atoms with van der Waals surface area (Å²) in [5.74, 6) is -0.0247. The maximum absolute atomic E-state index is 12.4. The van der Waals surface area contributed by atoms with Crippen molar-refractivity contribution in [3.05, 3.63) is 36.0 Å². The van der Waals surface area contributed by atoms with Gasteiger partial charge in [-0.1, -0.05) is 18.2 Å². The van der Waals surface area contributed by atoms with Crippen LogP contribution in [0, 0.1) is 0 Å². The summed E-state index contributed by atoms with van der Waals surface area (Å²) in [4.78, 5) is 14.0. The molecule has 2 rings (SSSR count). The van der Waals surface area contributed by atoms with Crippen molar-refractivity contribution in [2.75, 3.05) is 19.7 Å². The number of carbonyl (C=O) groups is 1. The summed E-state index contributed by atoms with van der Waals surface area (Å²) in [6.07, 6.45) is 1.85. The number of aliphatic hydroxyl groups excluding tert-OH is 1. The molecule has 0 radical (unpaired) electrons. The molecule has 0 atom stereocenters. The lowest BCUT2D eigenvalue weighted by molar-refractivity contribution is 0.0734. The number of likely N-dealkylation sites (N-methyl/N-ethyl adjacent to an activating group) is 1. The molecular formula is C14H18N2O2. The molecule has 0 saturated carbocycles. The molecule has 1 aromatic carbocycles. The highest BCUT2D eigenvalue weighted by atomic mass is 16.3. The van der Waals surface area contributed by atoms with Gasteiger partial charge >= 0.3 is 0 Å². The lowest BCUT2D eigenvalue weighted by atomic mass is 10.1. The number of aliphatic hydroxyl groups is 1. The van der Waals surface area contributed by atoms with Crippen LogP contribution in [0.1, 0.15) is 17.3 Å². The van der Waals surface area contributed by atoms with Crippen molar-refractivity contribution in [2.45, 2.75) is 6.92 Å². The fourth-order valence-electron chi connectivity index (χ4n) is 2.21. The second-order valence-corrected chi connectivity index (χ2v) is 4.28. The van der Waals surface area contributed by atoms with Gasteiger partial charge in [-0.15, -0.1) is 0 Å². The predicted molar refractivity (Wildman–Crippen MR) is 71.6 cm³/mol. The van der Waals surface area contributed by atoms with Crippen LogP contribution < -0.4 is 0 Å². The zero-order valence-corrected chi connectivity index (χ0v) is 10.8. The van der Waals surface area contributed by atoms with Crippen molar-refractivity contribution in [1.82, 2.24) is 9.47 Å². The Bertz CT molecular complexity index is 560. The highest BCUT2D eigenvalue weighted by Gasteiger charge is 2.18. The van der Waals surface area contributed by atoms with Gasteiger partial charge in [0, 0.05) is 37.2 Å². The maximum atomic E-state index is 12.4. The van der Waals surface area contributed by atoms with Crippen LogP contribution in [0.2, 0.25) is 0 Å². The minimum atomic E-state index is -0.0247. The molecule has 4 nitrogen and oxygen atoms in total. The first-order valence-corrected chi connectivity index (χ1v) is 6.13. The molecule has 0 saturated heterocycles. The van der Waals surface area contributed by atoms with Gasteiger partial charge in [-0.05, 0) is 13.0 Å². The van der Waals surface area contributed by atoms with Gasteiger partial charge in [0.1, 0.15) is 0 Å². The van der Waals surface area contributed by atoms with E-state index in [1.54, 1.807) is 4.90 Å². The van der Waals surface area contributed by atoms with E-state index in [4.69, 9.17) is 5.11 Å². The molecule has 0 aliphatic carbocycles. The van der Waals surface area contributed by atoms with Crippen LogP contribution in [0.25, 0.3) is 10.9 Å². The average Bonchev–Trinajstić information content (AvgIpc) is 2.73. The summed E-state index contributed by atoms with van der Waals surface area (Å²) >= 11 is 0. The van der Waals surface area contributed by atoms with E-state index >= 15 is 0 Å². The van der Waals surface area contributed by atoms with E-state index in [0.29, 0.717) is 18.7 Å². The molecule has 2 aromatic rings. The minimum absolute atomic E-state index is 0.00958. The van der Waals surface area contributed by atoms with Gasteiger partial charge in [-0.25, -0.2) is 0 Å². The number of para-hydroxylation sites is 1. The van der Waals surface area contributed by atoms with Crippen molar-refractivity contribution < 1.29 is 9.90 Å². The summed E-state index contributed by atoms with van der Waals surface area (Å²) in [6.45, 7) is 2.88. The Hall–Kier alpha value is -1.81. The fourth-order valence-corrected chi connectivity index (χ4v) is 2.21. The van der Waals surface area contributed by atoms with E-state index in [-0.39, 0.29) is 12.5 Å². The Morgan fingerprint density at radius 2 is 2.11 bits per heavy atom. The normalized spacial score (nSPS) is 10.8. The first kappa shape index (κ1) is 12.6. The van der Waals surface area contributed by atoms with Gasteiger partial charge < -0.3 is 14.6 Å². The van der Waals surface area contributed by atoms with Gasteiger partial charge in [0.25, 0.3) is 5.91 Å². The number of carbonyl (C=O) groups excluding carboxylic acids is 1. The standard InChI is InChI=1S/C14H18N2O2/c1-3-16(8-9-17)14(18)12-10-15(2)13-7-5-4-6-11(12)13/h4-7,10,17H,3,8-9H2,1-2H3. The van der Waals surface area contributed by atoms with E-state index in [1.165, 1.54) is 0 Å². The Morgan fingerprint density at radius 1 is 1.39 bits per heavy atom. The Morgan fingerprint density at radius 3 is 2.78 bits per heavy atom. The first-order valence-electron chi connectivity index (χ1n) is 6.13. The summed E-state index contributed by atoms with van der Waals surface area (Å²) in [6, 6.07) is 7.84. The van der Waals surface area contributed by atoms with Crippen LogP contribution in [0.3, 0.4) is 0 Å². The Kier molecular flexibility index (Phi) is 3.67. The van der Waals surface area contributed by atoms with E-state index in [2.05, 4.69) is 0 Å². The summed E-state index contributed by atoms with van der Waals surface area (Å²) in [7, 11) is 1.93. The van der Waals surface area contributed by atoms with Crippen LogP contribution in [0.5, 0.6) is 0 Å². The van der Waals surface area contributed by atoms with Crippen LogP contribution in [0.4, 0.5) is 0 Å². The molecule has 1 heterocycles. The quantitative estimate of drug-likeness (QED) is 0.891. The van der Waals surface area contributed by atoms with E-state index in [0.717, 1.165) is 10.9 Å². The molecule has 96 valence electrons. The van der Waals surface area contributed by atoms with Crippen molar-refractivity contribution in [1.29, 1.82) is 0 Å². The molecule has 0 fully saturated rings. The molecule has 1 amide bonds. The smallest absolute Gasteiger partial charge is 0.256 e. The topological polar surface area (TPSA) is 45.5 Å². The molecular weight excluding hydrogens is 228 g/mol. The van der Waals surface area contributed by atoms with Crippen molar-refractivity contribution in [3.63, 3.8) is 0 Å². The molecule has 18 heavy (non-hydrogen) atoms. The monoisotopic (exact) mass is 246 g/mol. The van der Waals surface area contributed by atoms with Gasteiger partial charge in [0.15, 0.2) is 0 Å². The zero-order chi connectivity index (χ0) is 13.1. The lowest BCUT2D eigenvalue weighted by Crippen LogP contribution is -2.33. The number of aromatic nitrogens is 1. The third kappa shape index (κ3) is 2.11. The lowest BCUT2D eigenvalue weighted by Gasteiger charge is -2.19. The zero-order valence-electron chi connectivity index (χ0n) is 10.8. The highest BCUT2D eigenvalue weighted by Crippen LogP contribution is 2.21. The number of fused-ring (bicyclic) bond motifs is 1. The third-order valence-corrected chi connectivity index (χ3v) is 3.17. The molecule has 1 N–H and O–H groups in total. The SMILES string of the molecule is CCN(CCO)C(=O)c1cn(C)c2ccccc12. The summed E-state index contributed by atoms with van der Waals surface area (Å²) in [5.41, 5.74) is 1.74. The minimum Gasteiger partial charge on any atom is -0.395 e. The van der Waals surface area contributed by atoms with Crippen LogP contribution in [-0.4, -0.2) is 40.2 Å². The van der Waals surface area contributed by atoms with E-state index in [1.807, 2.05) is 49.0 Å². The largest absolute Gasteiger partial charge is 0.395 e. The second kappa shape index (κ2) is 5.23.